The maximum Gasteiger partial charge on any atom is 0.417 e. The summed E-state index contributed by atoms with van der Waals surface area (Å²) in [5.41, 5.74) is -1.90. The fraction of sp³-hybridized carbons (Fsp3) is 0.200. The van der Waals surface area contributed by atoms with Crippen LogP contribution in [0.25, 0.3) is 0 Å². The molecule has 2 nitrogen and oxygen atoms in total. The predicted molar refractivity (Wildman–Crippen MR) is 67.7 cm³/mol. The minimum atomic E-state index is -4.65. The molecule has 0 radical (unpaired) electrons. The summed E-state index contributed by atoms with van der Waals surface area (Å²) in [5, 5.41) is -0.134. The number of hydrogen-bond donors (Lipinski definition) is 0. The van der Waals surface area contributed by atoms with Gasteiger partial charge in [-0.15, -0.1) is 0 Å². The van der Waals surface area contributed by atoms with Gasteiger partial charge < -0.3 is 0 Å². The molecule has 0 spiro atoms. The van der Waals surface area contributed by atoms with Gasteiger partial charge in [0.25, 0.3) is 0 Å². The number of ketones is 1. The van der Waals surface area contributed by atoms with Gasteiger partial charge in [-0.3, -0.25) is 9.59 Å². The Balaban J connectivity index is 3.57. The fourth-order valence-electron chi connectivity index (χ4n) is 1.28. The zero-order chi connectivity index (χ0) is 13.2. The van der Waals surface area contributed by atoms with Crippen LogP contribution >= 0.6 is 38.5 Å². The van der Waals surface area contributed by atoms with Crippen molar-refractivity contribution in [2.75, 3.05) is 5.33 Å². The van der Waals surface area contributed by atoms with E-state index in [9.17, 15) is 22.8 Å². The molecule has 0 aliphatic rings. The quantitative estimate of drug-likeness (QED) is 0.323. The van der Waals surface area contributed by atoms with Crippen LogP contribution < -0.4 is 0 Å². The Kier molecular flexibility index (Phi) is 4.70. The highest BCUT2D eigenvalue weighted by Crippen LogP contribution is 2.34. The summed E-state index contributed by atoms with van der Waals surface area (Å²) < 4.78 is 38.3. The minimum absolute atomic E-state index is 0.0643. The van der Waals surface area contributed by atoms with Crippen molar-refractivity contribution in [2.24, 2.45) is 0 Å². The van der Waals surface area contributed by atoms with Gasteiger partial charge >= 0.3 is 6.18 Å². The van der Waals surface area contributed by atoms with Gasteiger partial charge in [-0.25, -0.2) is 0 Å². The second-order valence-corrected chi connectivity index (χ2v) is 4.89. The maximum absolute atomic E-state index is 12.7. The Labute approximate surface area is 117 Å². The molecule has 0 aliphatic carbocycles. The average molecular weight is 421 g/mol. The molecule has 1 rings (SSSR count). The van der Waals surface area contributed by atoms with Crippen LogP contribution in [0.15, 0.2) is 12.1 Å². The molecule has 92 valence electrons. The van der Waals surface area contributed by atoms with Gasteiger partial charge in [0.05, 0.1) is 10.9 Å². The third-order valence-corrected chi connectivity index (χ3v) is 3.12. The molecule has 0 N–H and O–H groups in total. The van der Waals surface area contributed by atoms with Crippen LogP contribution in [0, 0.1) is 3.57 Å². The van der Waals surface area contributed by atoms with E-state index in [4.69, 9.17) is 0 Å². The Morgan fingerprint density at radius 2 is 2.00 bits per heavy atom. The highest BCUT2D eigenvalue weighted by molar-refractivity contribution is 14.1. The number of hydrogen-bond acceptors (Lipinski definition) is 2. The summed E-state index contributed by atoms with van der Waals surface area (Å²) in [5.74, 6) is -0.559. The molecular formula is C10H5BrF3IO2. The molecular weight excluding hydrogens is 416 g/mol. The topological polar surface area (TPSA) is 34.1 Å². The molecule has 0 aliphatic heterocycles. The monoisotopic (exact) mass is 420 g/mol. The summed E-state index contributed by atoms with van der Waals surface area (Å²) in [6, 6.07) is 2.11. The first-order valence-corrected chi connectivity index (χ1v) is 6.46. The van der Waals surface area contributed by atoms with Crippen LogP contribution in [0.5, 0.6) is 0 Å². The van der Waals surface area contributed by atoms with Crippen molar-refractivity contribution in [1.82, 2.24) is 0 Å². The summed E-state index contributed by atoms with van der Waals surface area (Å²) in [7, 11) is 0. The van der Waals surface area contributed by atoms with E-state index in [0.717, 1.165) is 6.07 Å². The van der Waals surface area contributed by atoms with Gasteiger partial charge in [0.2, 0.25) is 0 Å². The van der Waals surface area contributed by atoms with Crippen LogP contribution in [0.2, 0.25) is 0 Å². The molecule has 0 saturated heterocycles. The van der Waals surface area contributed by atoms with Gasteiger partial charge in [0, 0.05) is 14.7 Å². The van der Waals surface area contributed by atoms with E-state index in [1.54, 1.807) is 22.6 Å². The predicted octanol–water partition coefficient (Wildman–Crippen LogP) is 3.70. The van der Waals surface area contributed by atoms with E-state index in [0.29, 0.717) is 0 Å². The number of alkyl halides is 4. The third kappa shape index (κ3) is 3.27. The lowest BCUT2D eigenvalue weighted by molar-refractivity contribution is -0.137. The van der Waals surface area contributed by atoms with Crippen LogP contribution in [-0.4, -0.2) is 17.4 Å². The number of rotatable bonds is 3. The molecule has 0 heterocycles. The molecule has 0 amide bonds. The van der Waals surface area contributed by atoms with Crippen molar-refractivity contribution in [1.29, 1.82) is 0 Å². The molecule has 0 atom stereocenters. The zero-order valence-electron chi connectivity index (χ0n) is 8.15. The second kappa shape index (κ2) is 5.47. The fourth-order valence-corrected chi connectivity index (χ4v) is 2.21. The summed E-state index contributed by atoms with van der Waals surface area (Å²) >= 11 is 4.54. The lowest BCUT2D eigenvalue weighted by Gasteiger charge is -2.12. The van der Waals surface area contributed by atoms with Crippen molar-refractivity contribution in [2.45, 2.75) is 6.18 Å². The molecule has 0 bridgehead atoms. The largest absolute Gasteiger partial charge is 0.417 e. The van der Waals surface area contributed by atoms with Gasteiger partial charge in [-0.1, -0.05) is 15.9 Å². The van der Waals surface area contributed by atoms with E-state index >= 15 is 0 Å². The number of Topliss-reactive ketones (excluding diaryl/α,β-unsaturated/α-hetero) is 1. The van der Waals surface area contributed by atoms with Crippen LogP contribution in [0.3, 0.4) is 0 Å². The summed E-state index contributed by atoms with van der Waals surface area (Å²) in [6.07, 6.45) is -4.59. The Bertz CT molecular complexity index is 471. The molecule has 7 heteroatoms. The Morgan fingerprint density at radius 3 is 2.41 bits per heavy atom. The summed E-state index contributed by atoms with van der Waals surface area (Å²) in [4.78, 5) is 22.2. The SMILES string of the molecule is O=Cc1c(C(=O)CBr)cc(I)cc1C(F)(F)F. The number of carbonyl (C=O) groups excluding carboxylic acids is 2. The number of halogens is 5. The van der Waals surface area contributed by atoms with Crippen LogP contribution in [0.4, 0.5) is 13.2 Å². The minimum Gasteiger partial charge on any atom is -0.298 e. The van der Waals surface area contributed by atoms with Gasteiger partial charge in [-0.2, -0.15) is 13.2 Å². The molecule has 1 aromatic carbocycles. The highest BCUT2D eigenvalue weighted by Gasteiger charge is 2.35. The van der Waals surface area contributed by atoms with Gasteiger partial charge in [-0.05, 0) is 34.7 Å². The summed E-state index contributed by atoms with van der Waals surface area (Å²) in [6.45, 7) is 0. The molecule has 0 saturated carbocycles. The van der Waals surface area contributed by atoms with E-state index in [1.807, 2.05) is 0 Å². The first kappa shape index (κ1) is 14.6. The first-order valence-electron chi connectivity index (χ1n) is 4.26. The van der Waals surface area contributed by atoms with Crippen molar-refractivity contribution < 1.29 is 22.8 Å². The third-order valence-electron chi connectivity index (χ3n) is 1.99. The molecule has 0 unspecified atom stereocenters. The van der Waals surface area contributed by atoms with E-state index < -0.39 is 23.1 Å². The second-order valence-electron chi connectivity index (χ2n) is 3.09. The Morgan fingerprint density at radius 1 is 1.41 bits per heavy atom. The zero-order valence-corrected chi connectivity index (χ0v) is 11.9. The van der Waals surface area contributed by atoms with Crippen molar-refractivity contribution in [3.05, 3.63) is 32.4 Å². The van der Waals surface area contributed by atoms with Gasteiger partial charge in [0.15, 0.2) is 12.1 Å². The molecule has 17 heavy (non-hydrogen) atoms. The standard InChI is InChI=1S/C10H5BrF3IO2/c11-3-9(17)6-1-5(15)2-8(7(6)4-16)10(12,13)14/h1-2,4H,3H2. The van der Waals surface area contributed by atoms with E-state index in [-0.39, 0.29) is 20.7 Å². The Hall–Kier alpha value is -0.440. The van der Waals surface area contributed by atoms with E-state index in [2.05, 4.69) is 15.9 Å². The van der Waals surface area contributed by atoms with Gasteiger partial charge in [0.1, 0.15) is 0 Å². The smallest absolute Gasteiger partial charge is 0.298 e. The lowest BCUT2D eigenvalue weighted by atomic mass is 9.99. The first-order chi connectivity index (χ1) is 7.81. The van der Waals surface area contributed by atoms with Crippen molar-refractivity contribution in [3.8, 4) is 0 Å². The normalized spacial score (nSPS) is 11.4. The van der Waals surface area contributed by atoms with Crippen molar-refractivity contribution >= 4 is 50.6 Å². The molecule has 0 aromatic heterocycles. The van der Waals surface area contributed by atoms with Crippen LogP contribution in [-0.2, 0) is 6.18 Å². The molecule has 0 fully saturated rings. The lowest BCUT2D eigenvalue weighted by Crippen LogP contribution is -2.15. The maximum atomic E-state index is 12.7. The number of aldehydes is 1. The number of benzene rings is 1. The highest BCUT2D eigenvalue weighted by atomic mass is 127. The average Bonchev–Trinajstić information content (AvgIpc) is 2.25. The van der Waals surface area contributed by atoms with Crippen LogP contribution in [0.1, 0.15) is 26.3 Å². The van der Waals surface area contributed by atoms with Crippen molar-refractivity contribution in [3.63, 3.8) is 0 Å². The molecule has 1 aromatic rings. The van der Waals surface area contributed by atoms with E-state index in [1.165, 1.54) is 6.07 Å². The number of carbonyl (C=O) groups is 2.